The van der Waals surface area contributed by atoms with Crippen LogP contribution in [-0.2, 0) is 27.7 Å². The largest absolute Gasteiger partial charge is 0.486 e. The third-order valence-electron chi connectivity index (χ3n) is 8.00. The lowest BCUT2D eigenvalue weighted by Crippen LogP contribution is -2.44. The van der Waals surface area contributed by atoms with Crippen molar-refractivity contribution in [1.29, 1.82) is 0 Å². The first-order chi connectivity index (χ1) is 17.0. The zero-order chi connectivity index (χ0) is 24.0. The topological polar surface area (TPSA) is 76.2 Å². The Labute approximate surface area is 207 Å². The van der Waals surface area contributed by atoms with E-state index in [0.717, 1.165) is 61.3 Å². The Morgan fingerprint density at radius 2 is 1.60 bits per heavy atom. The molecule has 2 fully saturated rings. The summed E-state index contributed by atoms with van der Waals surface area (Å²) < 4.78 is 39.5. The number of carbonyl (C=O) groups excluding carboxylic acids is 1. The average molecular weight is 497 g/mol. The highest BCUT2D eigenvalue weighted by molar-refractivity contribution is 7.89. The fourth-order valence-electron chi connectivity index (χ4n) is 6.08. The van der Waals surface area contributed by atoms with E-state index in [9.17, 15) is 13.2 Å². The van der Waals surface area contributed by atoms with Crippen molar-refractivity contribution in [3.63, 3.8) is 0 Å². The molecule has 3 aliphatic heterocycles. The molecule has 0 N–H and O–H groups in total. The first kappa shape index (κ1) is 22.9. The van der Waals surface area contributed by atoms with E-state index < -0.39 is 10.0 Å². The summed E-state index contributed by atoms with van der Waals surface area (Å²) >= 11 is 0. The standard InChI is InChI=1S/C27H32N2O5S/c30-27(29-12-2-5-24(29)22-7-9-25-26(18-22)34-16-15-33-25)20-10-13-28(14-11-20)35(31,32)23-8-6-19-3-1-4-21(19)17-23/h6-9,17-18,20,24H,1-5,10-16H2. The molecule has 1 atom stereocenters. The molecular weight excluding hydrogens is 464 g/mol. The smallest absolute Gasteiger partial charge is 0.243 e. The van der Waals surface area contributed by atoms with Crippen LogP contribution in [0.3, 0.4) is 0 Å². The molecule has 0 aromatic heterocycles. The second-order valence-corrected chi connectivity index (χ2v) is 12.0. The first-order valence-electron chi connectivity index (χ1n) is 12.8. The molecule has 0 radical (unpaired) electrons. The van der Waals surface area contributed by atoms with Gasteiger partial charge in [0.05, 0.1) is 10.9 Å². The third-order valence-corrected chi connectivity index (χ3v) is 9.89. The molecule has 4 aliphatic rings. The number of benzene rings is 2. The molecule has 1 amide bonds. The zero-order valence-corrected chi connectivity index (χ0v) is 20.8. The van der Waals surface area contributed by atoms with E-state index in [2.05, 4.69) is 0 Å². The predicted molar refractivity (Wildman–Crippen MR) is 131 cm³/mol. The second-order valence-electron chi connectivity index (χ2n) is 10.1. The van der Waals surface area contributed by atoms with E-state index >= 15 is 0 Å². The van der Waals surface area contributed by atoms with Crippen LogP contribution in [0, 0.1) is 5.92 Å². The lowest BCUT2D eigenvalue weighted by molar-refractivity contribution is -0.137. The minimum Gasteiger partial charge on any atom is -0.486 e. The van der Waals surface area contributed by atoms with Gasteiger partial charge in [-0.25, -0.2) is 8.42 Å². The summed E-state index contributed by atoms with van der Waals surface area (Å²) in [6.07, 6.45) is 6.10. The summed E-state index contributed by atoms with van der Waals surface area (Å²) in [6.45, 7) is 2.61. The Hall–Kier alpha value is -2.58. The average Bonchev–Trinajstić information content (AvgIpc) is 3.57. The highest BCUT2D eigenvalue weighted by Crippen LogP contribution is 2.39. The number of amides is 1. The number of hydrogen-bond donors (Lipinski definition) is 0. The van der Waals surface area contributed by atoms with Gasteiger partial charge < -0.3 is 14.4 Å². The number of aryl methyl sites for hydroxylation is 2. The van der Waals surface area contributed by atoms with Crippen LogP contribution in [-0.4, -0.2) is 56.4 Å². The molecule has 35 heavy (non-hydrogen) atoms. The van der Waals surface area contributed by atoms with Gasteiger partial charge in [-0.15, -0.1) is 0 Å². The first-order valence-corrected chi connectivity index (χ1v) is 14.3. The molecule has 0 saturated carbocycles. The monoisotopic (exact) mass is 496 g/mol. The molecular formula is C27H32N2O5S. The van der Waals surface area contributed by atoms with E-state index in [0.29, 0.717) is 44.0 Å². The van der Waals surface area contributed by atoms with Crippen molar-refractivity contribution in [1.82, 2.24) is 9.21 Å². The summed E-state index contributed by atoms with van der Waals surface area (Å²) in [5.41, 5.74) is 3.51. The Morgan fingerprint density at radius 3 is 2.43 bits per heavy atom. The highest BCUT2D eigenvalue weighted by atomic mass is 32.2. The SMILES string of the molecule is O=C(C1CCN(S(=O)(=O)c2ccc3c(c2)CCC3)CC1)N1CCCC1c1ccc2c(c1)OCCO2. The molecule has 0 spiro atoms. The molecule has 2 saturated heterocycles. The van der Waals surface area contributed by atoms with E-state index in [1.165, 1.54) is 5.56 Å². The second kappa shape index (κ2) is 9.13. The number of ether oxygens (including phenoxy) is 2. The Bertz CT molecular complexity index is 1240. The number of fused-ring (bicyclic) bond motifs is 2. The van der Waals surface area contributed by atoms with Crippen molar-refractivity contribution in [2.75, 3.05) is 32.8 Å². The summed E-state index contributed by atoms with van der Waals surface area (Å²) in [5.74, 6) is 1.52. The van der Waals surface area contributed by atoms with Crippen LogP contribution >= 0.6 is 0 Å². The summed E-state index contributed by atoms with van der Waals surface area (Å²) in [7, 11) is -3.53. The van der Waals surface area contributed by atoms with Crippen molar-refractivity contribution >= 4 is 15.9 Å². The predicted octanol–water partition coefficient (Wildman–Crippen LogP) is 3.71. The van der Waals surface area contributed by atoms with Crippen LogP contribution in [0.15, 0.2) is 41.3 Å². The van der Waals surface area contributed by atoms with Crippen molar-refractivity contribution < 1.29 is 22.7 Å². The molecule has 1 aliphatic carbocycles. The van der Waals surface area contributed by atoms with E-state index in [-0.39, 0.29) is 17.9 Å². The number of carbonyl (C=O) groups is 1. The third kappa shape index (κ3) is 4.20. The molecule has 8 heteroatoms. The fourth-order valence-corrected chi connectivity index (χ4v) is 7.60. The normalized spacial score (nSPS) is 22.9. The van der Waals surface area contributed by atoms with Crippen molar-refractivity contribution in [2.24, 2.45) is 5.92 Å². The van der Waals surface area contributed by atoms with Gasteiger partial charge in [0, 0.05) is 25.6 Å². The van der Waals surface area contributed by atoms with Gasteiger partial charge in [-0.2, -0.15) is 4.31 Å². The van der Waals surface area contributed by atoms with Crippen molar-refractivity contribution in [3.8, 4) is 11.5 Å². The number of nitrogens with zero attached hydrogens (tertiary/aromatic N) is 2. The molecule has 0 bridgehead atoms. The lowest BCUT2D eigenvalue weighted by Gasteiger charge is -2.34. The summed E-state index contributed by atoms with van der Waals surface area (Å²) in [4.78, 5) is 15.9. The number of piperidine rings is 1. The minimum atomic E-state index is -3.53. The number of likely N-dealkylation sites (tertiary alicyclic amines) is 1. The molecule has 3 heterocycles. The van der Waals surface area contributed by atoms with Gasteiger partial charge in [0.2, 0.25) is 15.9 Å². The van der Waals surface area contributed by atoms with Crippen LogP contribution in [0.25, 0.3) is 0 Å². The maximum Gasteiger partial charge on any atom is 0.243 e. The van der Waals surface area contributed by atoms with E-state index in [1.54, 1.807) is 10.4 Å². The maximum absolute atomic E-state index is 13.5. The van der Waals surface area contributed by atoms with Gasteiger partial charge in [0.25, 0.3) is 0 Å². The quantitative estimate of drug-likeness (QED) is 0.645. The fraction of sp³-hybridized carbons (Fsp3) is 0.519. The van der Waals surface area contributed by atoms with Gasteiger partial charge in [-0.3, -0.25) is 4.79 Å². The van der Waals surface area contributed by atoms with Gasteiger partial charge in [-0.1, -0.05) is 12.1 Å². The molecule has 2 aromatic carbocycles. The van der Waals surface area contributed by atoms with E-state index in [1.807, 2.05) is 35.2 Å². The van der Waals surface area contributed by atoms with Gasteiger partial charge >= 0.3 is 0 Å². The van der Waals surface area contributed by atoms with Crippen LogP contribution in [0.5, 0.6) is 11.5 Å². The molecule has 1 unspecified atom stereocenters. The van der Waals surface area contributed by atoms with Gasteiger partial charge in [-0.05, 0) is 85.9 Å². The molecule has 6 rings (SSSR count). The molecule has 7 nitrogen and oxygen atoms in total. The maximum atomic E-state index is 13.5. The molecule has 2 aromatic rings. The minimum absolute atomic E-state index is 0.0338. The molecule has 186 valence electrons. The Morgan fingerprint density at radius 1 is 0.829 bits per heavy atom. The van der Waals surface area contributed by atoms with Gasteiger partial charge in [0.15, 0.2) is 11.5 Å². The number of hydrogen-bond acceptors (Lipinski definition) is 5. The van der Waals surface area contributed by atoms with Crippen molar-refractivity contribution in [2.45, 2.75) is 55.9 Å². The zero-order valence-electron chi connectivity index (χ0n) is 19.9. The van der Waals surface area contributed by atoms with Crippen LogP contribution in [0.4, 0.5) is 0 Å². The van der Waals surface area contributed by atoms with Crippen LogP contribution < -0.4 is 9.47 Å². The number of rotatable bonds is 4. The van der Waals surface area contributed by atoms with Gasteiger partial charge in [0.1, 0.15) is 13.2 Å². The Kier molecular flexibility index (Phi) is 5.96. The van der Waals surface area contributed by atoms with Crippen LogP contribution in [0.2, 0.25) is 0 Å². The van der Waals surface area contributed by atoms with Crippen molar-refractivity contribution in [3.05, 3.63) is 53.1 Å². The summed E-state index contributed by atoms with van der Waals surface area (Å²) in [5, 5.41) is 0. The lowest BCUT2D eigenvalue weighted by atomic mass is 9.95. The highest BCUT2D eigenvalue weighted by Gasteiger charge is 2.38. The van der Waals surface area contributed by atoms with Crippen LogP contribution in [0.1, 0.15) is 54.8 Å². The van der Waals surface area contributed by atoms with E-state index in [4.69, 9.17) is 9.47 Å². The summed E-state index contributed by atoms with van der Waals surface area (Å²) in [6, 6.07) is 11.6. The Balaban J connectivity index is 1.12. The number of sulfonamides is 1.